The summed E-state index contributed by atoms with van der Waals surface area (Å²) in [5, 5.41) is 2.37. The molecule has 0 bridgehead atoms. The van der Waals surface area contributed by atoms with Crippen LogP contribution >= 0.6 is 11.9 Å². The Morgan fingerprint density at radius 1 is 1.19 bits per heavy atom. The van der Waals surface area contributed by atoms with Crippen molar-refractivity contribution in [1.29, 1.82) is 0 Å². The van der Waals surface area contributed by atoms with Crippen LogP contribution in [0.2, 0.25) is 0 Å². The quantitative estimate of drug-likeness (QED) is 0.429. The second-order valence-corrected chi connectivity index (χ2v) is 4.97. The molecular weight excluding hydrogens is 292 g/mol. The minimum Gasteiger partial charge on any atom is -0.468 e. The molecule has 0 aromatic rings. The van der Waals surface area contributed by atoms with E-state index in [4.69, 9.17) is 4.74 Å². The maximum atomic E-state index is 12.1. The van der Waals surface area contributed by atoms with E-state index in [2.05, 4.69) is 28.9 Å². The number of amides is 4. The van der Waals surface area contributed by atoms with Crippen LogP contribution in [0.5, 0.6) is 0 Å². The van der Waals surface area contributed by atoms with E-state index in [0.717, 1.165) is 37.6 Å². The van der Waals surface area contributed by atoms with Gasteiger partial charge in [0.15, 0.2) is 0 Å². The first-order valence-electron chi connectivity index (χ1n) is 7.10. The molecule has 0 unspecified atom stereocenters. The third-order valence-corrected chi connectivity index (χ3v) is 3.03. The molecule has 2 N–H and O–H groups in total. The molecule has 0 radical (unpaired) electrons. The highest BCUT2D eigenvalue weighted by Gasteiger charge is 2.14. The van der Waals surface area contributed by atoms with Crippen LogP contribution < -0.4 is 10.0 Å². The van der Waals surface area contributed by atoms with E-state index in [0.29, 0.717) is 13.1 Å². The summed E-state index contributed by atoms with van der Waals surface area (Å²) in [7, 11) is 1.36. The summed E-state index contributed by atoms with van der Waals surface area (Å²) in [6, 6.07) is -0.979. The number of amidine groups is 1. The second-order valence-electron chi connectivity index (χ2n) is 4.36. The van der Waals surface area contributed by atoms with Gasteiger partial charge in [-0.1, -0.05) is 38.6 Å². The number of hydrogen-bond acceptors (Lipinski definition) is 4. The van der Waals surface area contributed by atoms with Gasteiger partial charge in [-0.05, 0) is 12.8 Å². The van der Waals surface area contributed by atoms with Gasteiger partial charge < -0.3 is 9.64 Å². The minimum absolute atomic E-state index is 0.107. The first-order valence-corrected chi connectivity index (χ1v) is 8.33. The van der Waals surface area contributed by atoms with Crippen molar-refractivity contribution in [1.82, 2.24) is 14.9 Å². The zero-order chi connectivity index (χ0) is 16.1. The number of methoxy groups -OCH3 is 1. The molecule has 0 saturated carbocycles. The number of carbonyl (C=O) groups excluding carboxylic acids is 2. The average molecular weight is 318 g/mol. The molecule has 8 heteroatoms. The van der Waals surface area contributed by atoms with E-state index in [1.807, 2.05) is 0 Å². The van der Waals surface area contributed by atoms with Gasteiger partial charge in [0.05, 0.1) is 7.11 Å². The third kappa shape index (κ3) is 9.17. The molecule has 0 atom stereocenters. The maximum Gasteiger partial charge on any atom is 0.348 e. The summed E-state index contributed by atoms with van der Waals surface area (Å²) in [4.78, 5) is 29.0. The number of ether oxygens (including phenoxy) is 1. The van der Waals surface area contributed by atoms with E-state index in [1.165, 1.54) is 7.11 Å². The van der Waals surface area contributed by atoms with E-state index in [1.54, 1.807) is 11.2 Å². The number of carbonyl (C=O) groups is 2. The number of rotatable bonds is 7. The molecule has 0 aliphatic heterocycles. The number of hydrogen-bond donors (Lipinski definition) is 2. The number of nitrogens with zero attached hydrogens (tertiary/aromatic N) is 2. The molecule has 0 heterocycles. The lowest BCUT2D eigenvalue weighted by Crippen LogP contribution is -2.39. The summed E-state index contributed by atoms with van der Waals surface area (Å²) in [5.74, 6) is 0. The van der Waals surface area contributed by atoms with Crippen LogP contribution in [-0.2, 0) is 4.74 Å². The third-order valence-electron chi connectivity index (χ3n) is 2.64. The van der Waals surface area contributed by atoms with Crippen molar-refractivity contribution < 1.29 is 14.3 Å². The van der Waals surface area contributed by atoms with Gasteiger partial charge in [-0.2, -0.15) is 0 Å². The Kier molecular flexibility index (Phi) is 11.5. The Bertz CT molecular complexity index is 342. The lowest BCUT2D eigenvalue weighted by Gasteiger charge is -2.20. The fraction of sp³-hybridized carbons (Fsp3) is 0.769. The van der Waals surface area contributed by atoms with Crippen LogP contribution in [0.1, 0.15) is 39.5 Å². The molecule has 0 aromatic heterocycles. The predicted octanol–water partition coefficient (Wildman–Crippen LogP) is 2.59. The largest absolute Gasteiger partial charge is 0.468 e. The number of aliphatic imine (C=N–C) groups is 1. The molecule has 122 valence electrons. The van der Waals surface area contributed by atoms with E-state index >= 15 is 0 Å². The summed E-state index contributed by atoms with van der Waals surface area (Å²) >= 11 is 1.14. The van der Waals surface area contributed by atoms with Crippen molar-refractivity contribution in [2.45, 2.75) is 39.5 Å². The van der Waals surface area contributed by atoms with Crippen LogP contribution in [0.3, 0.4) is 0 Å². The summed E-state index contributed by atoms with van der Waals surface area (Å²) in [6.45, 7) is 5.46. The number of nitrogens with one attached hydrogen (secondary N) is 2. The van der Waals surface area contributed by atoms with Crippen molar-refractivity contribution in [3.05, 3.63) is 0 Å². The lowest BCUT2D eigenvalue weighted by molar-refractivity contribution is 0.205. The second kappa shape index (κ2) is 12.3. The Hall–Kier alpha value is -1.44. The van der Waals surface area contributed by atoms with E-state index in [-0.39, 0.29) is 6.02 Å². The van der Waals surface area contributed by atoms with Gasteiger partial charge in [0, 0.05) is 19.3 Å². The highest BCUT2D eigenvalue weighted by Crippen LogP contribution is 2.02. The van der Waals surface area contributed by atoms with Crippen molar-refractivity contribution in [2.75, 3.05) is 26.5 Å². The molecule has 0 aliphatic carbocycles. The van der Waals surface area contributed by atoms with Gasteiger partial charge in [0.1, 0.15) is 0 Å². The Labute approximate surface area is 131 Å². The monoisotopic (exact) mass is 318 g/mol. The molecule has 0 aliphatic rings. The van der Waals surface area contributed by atoms with Gasteiger partial charge in [-0.15, -0.1) is 4.99 Å². The summed E-state index contributed by atoms with van der Waals surface area (Å²) < 4.78 is 7.38. The molecular formula is C13H26N4O3S. The van der Waals surface area contributed by atoms with E-state index in [9.17, 15) is 9.59 Å². The Morgan fingerprint density at radius 3 is 2.19 bits per heavy atom. The standard InChI is InChI=1S/C13H26N4O3S/c1-5-7-9-17(10-8-6-2)13(19)15-12(20-3)14-11(18)16-21-4/h5-10H2,1-4H3,(H2,14,15,16,18,19). The summed E-state index contributed by atoms with van der Waals surface area (Å²) in [5.41, 5.74) is 0. The molecule has 4 amide bonds. The van der Waals surface area contributed by atoms with Gasteiger partial charge in [0.25, 0.3) is 0 Å². The normalized spacial score (nSPS) is 11.0. The topological polar surface area (TPSA) is 83.0 Å². The molecule has 0 saturated heterocycles. The zero-order valence-corrected chi connectivity index (χ0v) is 14.1. The fourth-order valence-electron chi connectivity index (χ4n) is 1.50. The van der Waals surface area contributed by atoms with Crippen LogP contribution in [0.15, 0.2) is 4.99 Å². The molecule has 0 aromatic carbocycles. The van der Waals surface area contributed by atoms with Gasteiger partial charge >= 0.3 is 18.1 Å². The SMILES string of the molecule is CCCCN(CCCC)C(=O)N=C(NC(=O)NSC)OC. The first-order chi connectivity index (χ1) is 10.1. The Balaban J connectivity index is 4.69. The lowest BCUT2D eigenvalue weighted by atomic mass is 10.3. The maximum absolute atomic E-state index is 12.1. The average Bonchev–Trinajstić information content (AvgIpc) is 2.46. The first kappa shape index (κ1) is 19.6. The van der Waals surface area contributed by atoms with Gasteiger partial charge in [-0.3, -0.25) is 10.0 Å². The van der Waals surface area contributed by atoms with Crippen molar-refractivity contribution in [2.24, 2.45) is 4.99 Å². The van der Waals surface area contributed by atoms with E-state index < -0.39 is 12.1 Å². The minimum atomic E-state index is -0.482. The van der Waals surface area contributed by atoms with Gasteiger partial charge in [0.2, 0.25) is 0 Å². The van der Waals surface area contributed by atoms with Gasteiger partial charge in [-0.25, -0.2) is 9.59 Å². The number of urea groups is 2. The molecule has 7 nitrogen and oxygen atoms in total. The fourth-order valence-corrected chi connectivity index (χ4v) is 1.74. The van der Waals surface area contributed by atoms with Crippen LogP contribution in [0.25, 0.3) is 0 Å². The van der Waals surface area contributed by atoms with Crippen molar-refractivity contribution in [3.63, 3.8) is 0 Å². The molecule has 0 rings (SSSR count). The Morgan fingerprint density at radius 2 is 1.76 bits per heavy atom. The number of unbranched alkanes of at least 4 members (excludes halogenated alkanes) is 2. The highest BCUT2D eigenvalue weighted by molar-refractivity contribution is 7.97. The molecule has 0 fully saturated rings. The van der Waals surface area contributed by atoms with Crippen LogP contribution in [0, 0.1) is 0 Å². The zero-order valence-electron chi connectivity index (χ0n) is 13.3. The van der Waals surface area contributed by atoms with Crippen LogP contribution in [0.4, 0.5) is 9.59 Å². The van der Waals surface area contributed by atoms with Crippen LogP contribution in [-0.4, -0.2) is 49.4 Å². The predicted molar refractivity (Wildman–Crippen MR) is 86.4 cm³/mol. The molecule has 0 spiro atoms. The smallest absolute Gasteiger partial charge is 0.348 e. The molecule has 21 heavy (non-hydrogen) atoms. The van der Waals surface area contributed by atoms with Crippen molar-refractivity contribution in [3.8, 4) is 0 Å². The highest BCUT2D eigenvalue weighted by atomic mass is 32.2. The van der Waals surface area contributed by atoms with Crippen molar-refractivity contribution >= 4 is 30.0 Å². The summed E-state index contributed by atoms with van der Waals surface area (Å²) in [6.07, 6.45) is 5.57.